The van der Waals surface area contributed by atoms with Gasteiger partial charge in [0.15, 0.2) is 0 Å². The molecule has 0 aliphatic heterocycles. The maximum atomic E-state index is 4.14. The Morgan fingerprint density at radius 2 is 2.27 bits per heavy atom. The molecule has 78 valence electrons. The molecule has 0 atom stereocenters. The van der Waals surface area contributed by atoms with E-state index in [1.165, 1.54) is 5.56 Å². The Balaban J connectivity index is 2.02. The van der Waals surface area contributed by atoms with Crippen molar-refractivity contribution in [3.8, 4) is 0 Å². The molecule has 2 aromatic rings. The van der Waals surface area contributed by atoms with Gasteiger partial charge >= 0.3 is 0 Å². The topological polar surface area (TPSA) is 53.6 Å². The fourth-order valence-electron chi connectivity index (χ4n) is 1.41. The highest BCUT2D eigenvalue weighted by Crippen LogP contribution is 2.10. The largest absolute Gasteiger partial charge is 0.381 e. The predicted molar refractivity (Wildman–Crippen MR) is 59.6 cm³/mol. The van der Waals surface area contributed by atoms with Crippen LogP contribution in [0.4, 0.5) is 5.69 Å². The molecule has 2 heterocycles. The third kappa shape index (κ3) is 2.34. The molecule has 15 heavy (non-hydrogen) atoms. The molecular weight excluding hydrogens is 188 g/mol. The molecule has 0 aromatic carbocycles. The molecule has 0 radical (unpaired) electrons. The molecule has 0 unspecified atom stereocenters. The van der Waals surface area contributed by atoms with E-state index in [1.54, 1.807) is 6.20 Å². The van der Waals surface area contributed by atoms with E-state index in [2.05, 4.69) is 20.5 Å². The lowest BCUT2D eigenvalue weighted by molar-refractivity contribution is 1.04. The number of nitrogens with one attached hydrogen (secondary N) is 2. The predicted octanol–water partition coefficient (Wildman–Crippen LogP) is 2.03. The number of aromatic amines is 1. The van der Waals surface area contributed by atoms with E-state index in [4.69, 9.17) is 0 Å². The van der Waals surface area contributed by atoms with E-state index < -0.39 is 0 Å². The van der Waals surface area contributed by atoms with Crippen molar-refractivity contribution >= 4 is 5.69 Å². The zero-order valence-electron chi connectivity index (χ0n) is 8.91. The number of anilines is 1. The van der Waals surface area contributed by atoms with Crippen LogP contribution in [0.15, 0.2) is 24.5 Å². The van der Waals surface area contributed by atoms with Gasteiger partial charge in [-0.3, -0.25) is 10.1 Å². The third-order valence-corrected chi connectivity index (χ3v) is 2.31. The molecule has 0 saturated heterocycles. The smallest absolute Gasteiger partial charge is 0.0539 e. The van der Waals surface area contributed by atoms with Gasteiger partial charge in [0.05, 0.1) is 6.20 Å². The van der Waals surface area contributed by atoms with Crippen LogP contribution in [-0.4, -0.2) is 15.2 Å². The van der Waals surface area contributed by atoms with Gasteiger partial charge in [-0.05, 0) is 26.0 Å². The Hall–Kier alpha value is -1.84. The van der Waals surface area contributed by atoms with E-state index in [0.29, 0.717) is 0 Å². The van der Waals surface area contributed by atoms with Gasteiger partial charge < -0.3 is 5.32 Å². The summed E-state index contributed by atoms with van der Waals surface area (Å²) in [4.78, 5) is 4.14. The van der Waals surface area contributed by atoms with Gasteiger partial charge in [0.25, 0.3) is 0 Å². The van der Waals surface area contributed by atoms with Gasteiger partial charge in [0.2, 0.25) is 0 Å². The van der Waals surface area contributed by atoms with Crippen LogP contribution in [0, 0.1) is 13.8 Å². The molecule has 0 bridgehead atoms. The summed E-state index contributed by atoms with van der Waals surface area (Å²) in [7, 11) is 0. The summed E-state index contributed by atoms with van der Waals surface area (Å²) in [6, 6.07) is 3.98. The van der Waals surface area contributed by atoms with Crippen molar-refractivity contribution in [3.63, 3.8) is 0 Å². The van der Waals surface area contributed by atoms with Crippen LogP contribution in [0.5, 0.6) is 0 Å². The van der Waals surface area contributed by atoms with Gasteiger partial charge in [-0.15, -0.1) is 0 Å². The lowest BCUT2D eigenvalue weighted by atomic mass is 10.2. The number of aryl methyl sites for hydroxylation is 2. The van der Waals surface area contributed by atoms with Gasteiger partial charge in [0.1, 0.15) is 0 Å². The normalized spacial score (nSPS) is 10.3. The van der Waals surface area contributed by atoms with E-state index in [1.807, 2.05) is 32.2 Å². The summed E-state index contributed by atoms with van der Waals surface area (Å²) in [5.41, 5.74) is 4.39. The van der Waals surface area contributed by atoms with E-state index >= 15 is 0 Å². The van der Waals surface area contributed by atoms with Crippen LogP contribution in [-0.2, 0) is 6.54 Å². The van der Waals surface area contributed by atoms with E-state index in [0.717, 1.165) is 23.6 Å². The summed E-state index contributed by atoms with van der Waals surface area (Å²) < 4.78 is 0. The number of aromatic nitrogens is 3. The number of hydrogen-bond acceptors (Lipinski definition) is 3. The van der Waals surface area contributed by atoms with E-state index in [9.17, 15) is 0 Å². The number of nitrogens with zero attached hydrogens (tertiary/aromatic N) is 2. The van der Waals surface area contributed by atoms with Crippen LogP contribution < -0.4 is 5.32 Å². The summed E-state index contributed by atoms with van der Waals surface area (Å²) in [6.07, 6.45) is 3.65. The summed E-state index contributed by atoms with van der Waals surface area (Å²) in [6.45, 7) is 4.78. The van der Waals surface area contributed by atoms with Crippen LogP contribution >= 0.6 is 0 Å². The second-order valence-corrected chi connectivity index (χ2v) is 3.56. The molecule has 2 aromatic heterocycles. The summed E-state index contributed by atoms with van der Waals surface area (Å²) >= 11 is 0. The van der Waals surface area contributed by atoms with Gasteiger partial charge in [-0.25, -0.2) is 0 Å². The van der Waals surface area contributed by atoms with Crippen molar-refractivity contribution in [3.05, 3.63) is 41.5 Å². The van der Waals surface area contributed by atoms with E-state index in [-0.39, 0.29) is 0 Å². The minimum absolute atomic E-state index is 0.784. The average molecular weight is 202 g/mol. The van der Waals surface area contributed by atoms with Crippen molar-refractivity contribution in [2.24, 2.45) is 0 Å². The van der Waals surface area contributed by atoms with Crippen molar-refractivity contribution in [1.82, 2.24) is 15.2 Å². The molecule has 0 aliphatic carbocycles. The van der Waals surface area contributed by atoms with Gasteiger partial charge in [0, 0.05) is 35.4 Å². The molecule has 2 rings (SSSR count). The Morgan fingerprint density at radius 3 is 2.93 bits per heavy atom. The maximum absolute atomic E-state index is 4.14. The average Bonchev–Trinajstić information content (AvgIpc) is 2.61. The first-order chi connectivity index (χ1) is 7.25. The number of hydrogen-bond donors (Lipinski definition) is 2. The van der Waals surface area contributed by atoms with Crippen molar-refractivity contribution in [2.45, 2.75) is 20.4 Å². The first-order valence-electron chi connectivity index (χ1n) is 4.91. The Bertz CT molecular complexity index is 447. The Kier molecular flexibility index (Phi) is 2.67. The lowest BCUT2D eigenvalue weighted by Gasteiger charge is -2.05. The molecule has 0 aliphatic rings. The fourth-order valence-corrected chi connectivity index (χ4v) is 1.41. The fraction of sp³-hybridized carbons (Fsp3) is 0.273. The van der Waals surface area contributed by atoms with Gasteiger partial charge in [-0.2, -0.15) is 5.10 Å². The maximum Gasteiger partial charge on any atom is 0.0539 e. The van der Waals surface area contributed by atoms with Gasteiger partial charge in [-0.1, -0.05) is 0 Å². The molecule has 2 N–H and O–H groups in total. The molecule has 4 heteroatoms. The van der Waals surface area contributed by atoms with Crippen molar-refractivity contribution in [1.29, 1.82) is 0 Å². The molecule has 0 amide bonds. The molecule has 4 nitrogen and oxygen atoms in total. The highest BCUT2D eigenvalue weighted by molar-refractivity contribution is 5.43. The highest BCUT2D eigenvalue weighted by Gasteiger charge is 1.99. The third-order valence-electron chi connectivity index (χ3n) is 2.31. The monoisotopic (exact) mass is 202 g/mol. The number of pyridine rings is 1. The molecular formula is C11H14N4. The zero-order chi connectivity index (χ0) is 10.7. The van der Waals surface area contributed by atoms with Crippen LogP contribution in [0.1, 0.15) is 17.0 Å². The highest BCUT2D eigenvalue weighted by atomic mass is 15.1. The SMILES string of the molecule is Cc1cc(NCc2cn[nH]c2C)ccn1. The Labute approximate surface area is 88.8 Å². The minimum atomic E-state index is 0.784. The molecule has 0 spiro atoms. The second kappa shape index (κ2) is 4.13. The standard InChI is InChI=1S/C11H14N4/c1-8-5-11(3-4-12-8)13-6-10-7-14-15-9(10)2/h3-5,7H,6H2,1-2H3,(H,12,13)(H,14,15). The number of H-pyrrole nitrogens is 1. The second-order valence-electron chi connectivity index (χ2n) is 3.56. The minimum Gasteiger partial charge on any atom is -0.381 e. The van der Waals surface area contributed by atoms with Crippen molar-refractivity contribution in [2.75, 3.05) is 5.32 Å². The number of rotatable bonds is 3. The van der Waals surface area contributed by atoms with Crippen LogP contribution in [0.2, 0.25) is 0 Å². The first kappa shape index (κ1) is 9.71. The first-order valence-corrected chi connectivity index (χ1v) is 4.91. The zero-order valence-corrected chi connectivity index (χ0v) is 8.91. The quantitative estimate of drug-likeness (QED) is 0.800. The van der Waals surface area contributed by atoms with Crippen LogP contribution in [0.25, 0.3) is 0 Å². The lowest BCUT2D eigenvalue weighted by Crippen LogP contribution is -2.00. The molecule has 0 saturated carbocycles. The van der Waals surface area contributed by atoms with Crippen molar-refractivity contribution < 1.29 is 0 Å². The Morgan fingerprint density at radius 1 is 1.40 bits per heavy atom. The molecule has 0 fully saturated rings. The van der Waals surface area contributed by atoms with Crippen LogP contribution in [0.3, 0.4) is 0 Å². The summed E-state index contributed by atoms with van der Waals surface area (Å²) in [5, 5.41) is 10.2. The summed E-state index contributed by atoms with van der Waals surface area (Å²) in [5.74, 6) is 0.